The Morgan fingerprint density at radius 2 is 1.93 bits per heavy atom. The van der Waals surface area contributed by atoms with E-state index in [0.717, 1.165) is 42.1 Å². The normalized spacial score (nSPS) is 15.9. The number of pyridine rings is 1. The zero-order chi connectivity index (χ0) is 19.5. The second kappa shape index (κ2) is 7.88. The molecule has 1 aliphatic carbocycles. The summed E-state index contributed by atoms with van der Waals surface area (Å²) in [6, 6.07) is 7.01. The van der Waals surface area contributed by atoms with Crippen LogP contribution in [0.3, 0.4) is 0 Å². The van der Waals surface area contributed by atoms with Crippen LogP contribution in [0.2, 0.25) is 0 Å². The Bertz CT molecular complexity index is 967. The highest BCUT2D eigenvalue weighted by atomic mass is 19.1. The average Bonchev–Trinajstić information content (AvgIpc) is 3.12. The van der Waals surface area contributed by atoms with Crippen molar-refractivity contribution in [2.24, 2.45) is 0 Å². The number of nitrogens with one attached hydrogen (secondary N) is 1. The third kappa shape index (κ3) is 3.93. The van der Waals surface area contributed by atoms with Gasteiger partial charge in [-0.15, -0.1) is 0 Å². The zero-order valence-electron chi connectivity index (χ0n) is 15.2. The summed E-state index contributed by atoms with van der Waals surface area (Å²) in [5.74, 6) is -1.31. The van der Waals surface area contributed by atoms with Gasteiger partial charge in [-0.25, -0.2) is 13.5 Å². The lowest BCUT2D eigenvalue weighted by Gasteiger charge is -2.24. The molecule has 0 fully saturated rings. The van der Waals surface area contributed by atoms with Gasteiger partial charge in [0.15, 0.2) is 0 Å². The molecule has 0 radical (unpaired) electrons. The van der Waals surface area contributed by atoms with Crippen LogP contribution in [0.5, 0.6) is 0 Å². The first kappa shape index (κ1) is 18.3. The van der Waals surface area contributed by atoms with E-state index < -0.39 is 11.6 Å². The fourth-order valence-corrected chi connectivity index (χ4v) is 3.66. The van der Waals surface area contributed by atoms with Crippen molar-refractivity contribution in [1.82, 2.24) is 20.1 Å². The van der Waals surface area contributed by atoms with Crippen LogP contribution in [0.15, 0.2) is 48.9 Å². The molecule has 7 heteroatoms. The van der Waals surface area contributed by atoms with Gasteiger partial charge in [0.05, 0.1) is 17.9 Å². The smallest absolute Gasteiger partial charge is 0.220 e. The van der Waals surface area contributed by atoms with Crippen molar-refractivity contribution in [2.75, 3.05) is 0 Å². The summed E-state index contributed by atoms with van der Waals surface area (Å²) in [5, 5.41) is 7.40. The average molecular weight is 382 g/mol. The van der Waals surface area contributed by atoms with E-state index >= 15 is 0 Å². The van der Waals surface area contributed by atoms with Gasteiger partial charge in [0, 0.05) is 36.1 Å². The molecule has 1 aromatic carbocycles. The number of aromatic nitrogens is 3. The second-order valence-corrected chi connectivity index (χ2v) is 6.95. The molecule has 0 bridgehead atoms. The third-order valence-electron chi connectivity index (χ3n) is 5.00. The third-order valence-corrected chi connectivity index (χ3v) is 5.00. The van der Waals surface area contributed by atoms with Crippen LogP contribution >= 0.6 is 0 Å². The van der Waals surface area contributed by atoms with Gasteiger partial charge >= 0.3 is 0 Å². The van der Waals surface area contributed by atoms with E-state index in [0.29, 0.717) is 18.5 Å². The first-order valence-corrected chi connectivity index (χ1v) is 9.31. The van der Waals surface area contributed by atoms with Gasteiger partial charge in [-0.05, 0) is 55.5 Å². The van der Waals surface area contributed by atoms with E-state index in [1.807, 2.05) is 12.1 Å². The van der Waals surface area contributed by atoms with E-state index in [9.17, 15) is 13.6 Å². The lowest BCUT2D eigenvalue weighted by Crippen LogP contribution is -2.31. The molecule has 0 saturated heterocycles. The highest BCUT2D eigenvalue weighted by Gasteiger charge is 2.26. The molecule has 1 N–H and O–H groups in total. The summed E-state index contributed by atoms with van der Waals surface area (Å²) in [5.41, 5.74) is 3.21. The summed E-state index contributed by atoms with van der Waals surface area (Å²) < 4.78 is 28.7. The molecule has 2 aromatic heterocycles. The molecule has 0 spiro atoms. The molecule has 144 valence electrons. The number of amides is 1. The van der Waals surface area contributed by atoms with Crippen molar-refractivity contribution >= 4 is 5.91 Å². The molecule has 28 heavy (non-hydrogen) atoms. The molecular weight excluding hydrogens is 362 g/mol. The fraction of sp³-hybridized carbons (Fsp3) is 0.286. The number of aryl methyl sites for hydroxylation is 1. The number of carbonyl (C=O) groups is 1. The molecular formula is C21H20F2N4O. The minimum absolute atomic E-state index is 0.0285. The summed E-state index contributed by atoms with van der Waals surface area (Å²) in [7, 11) is 0. The molecule has 1 aliphatic rings. The number of nitrogens with zero attached hydrogens (tertiary/aromatic N) is 3. The minimum atomic E-state index is -0.643. The Hall–Kier alpha value is -3.09. The van der Waals surface area contributed by atoms with Gasteiger partial charge < -0.3 is 5.32 Å². The number of hydrogen-bond acceptors (Lipinski definition) is 3. The number of benzene rings is 1. The first-order valence-electron chi connectivity index (χ1n) is 9.31. The lowest BCUT2D eigenvalue weighted by molar-refractivity contribution is -0.121. The number of fused-ring (bicyclic) bond motifs is 1. The Labute approximate surface area is 161 Å². The van der Waals surface area contributed by atoms with Crippen molar-refractivity contribution in [3.05, 3.63) is 77.4 Å². The van der Waals surface area contributed by atoms with Gasteiger partial charge in [0.1, 0.15) is 11.6 Å². The van der Waals surface area contributed by atoms with Crippen molar-refractivity contribution < 1.29 is 13.6 Å². The first-order chi connectivity index (χ1) is 13.6. The molecule has 5 nitrogen and oxygen atoms in total. The van der Waals surface area contributed by atoms with E-state index in [1.54, 1.807) is 23.3 Å². The number of carbonyl (C=O) groups excluding carboxylic acids is 1. The zero-order valence-corrected chi connectivity index (χ0v) is 15.2. The van der Waals surface area contributed by atoms with E-state index in [-0.39, 0.29) is 11.9 Å². The Balaban J connectivity index is 1.48. The predicted octanol–water partition coefficient (Wildman–Crippen LogP) is 3.67. The molecule has 1 atom stereocenters. The quantitative estimate of drug-likeness (QED) is 0.732. The Morgan fingerprint density at radius 1 is 1.18 bits per heavy atom. The SMILES string of the molecule is O=C(CCc1ccncc1)N[C@@H]1CCCc2c1cnn2-c1cc(F)cc(F)c1. The Kier molecular flexibility index (Phi) is 5.14. The maximum Gasteiger partial charge on any atom is 0.220 e. The highest BCUT2D eigenvalue weighted by Crippen LogP contribution is 2.31. The number of halogens is 2. The van der Waals surface area contributed by atoms with Crippen LogP contribution in [-0.4, -0.2) is 20.7 Å². The van der Waals surface area contributed by atoms with Crippen molar-refractivity contribution in [3.63, 3.8) is 0 Å². The van der Waals surface area contributed by atoms with Gasteiger partial charge in [-0.2, -0.15) is 5.10 Å². The van der Waals surface area contributed by atoms with Gasteiger partial charge in [-0.3, -0.25) is 9.78 Å². The van der Waals surface area contributed by atoms with E-state index in [2.05, 4.69) is 15.4 Å². The molecule has 0 unspecified atom stereocenters. The van der Waals surface area contributed by atoms with Crippen molar-refractivity contribution in [2.45, 2.75) is 38.1 Å². The van der Waals surface area contributed by atoms with Crippen LogP contribution in [0.4, 0.5) is 8.78 Å². The summed E-state index contributed by atoms with van der Waals surface area (Å²) >= 11 is 0. The molecule has 1 amide bonds. The van der Waals surface area contributed by atoms with Crippen LogP contribution in [-0.2, 0) is 17.6 Å². The predicted molar refractivity (Wildman–Crippen MR) is 99.9 cm³/mol. The fourth-order valence-electron chi connectivity index (χ4n) is 3.66. The van der Waals surface area contributed by atoms with Crippen LogP contribution < -0.4 is 5.32 Å². The minimum Gasteiger partial charge on any atom is -0.349 e. The molecule has 4 rings (SSSR count). The van der Waals surface area contributed by atoms with Crippen LogP contribution in [0, 0.1) is 11.6 Å². The summed E-state index contributed by atoms with van der Waals surface area (Å²) in [4.78, 5) is 16.4. The standard InChI is InChI=1S/C21H20F2N4O/c22-15-10-16(23)12-17(11-15)27-20-3-1-2-19(18(20)13-25-27)26-21(28)5-4-14-6-8-24-9-7-14/h6-13,19H,1-5H2,(H,26,28)/t19-/m1/s1. The van der Waals surface area contributed by atoms with Crippen molar-refractivity contribution in [1.29, 1.82) is 0 Å². The molecule has 0 aliphatic heterocycles. The van der Waals surface area contributed by atoms with Crippen molar-refractivity contribution in [3.8, 4) is 5.69 Å². The summed E-state index contributed by atoms with van der Waals surface area (Å²) in [6.45, 7) is 0. The maximum atomic E-state index is 13.6. The lowest BCUT2D eigenvalue weighted by atomic mass is 9.92. The Morgan fingerprint density at radius 3 is 2.68 bits per heavy atom. The number of hydrogen-bond donors (Lipinski definition) is 1. The summed E-state index contributed by atoms with van der Waals surface area (Å²) in [6.07, 6.45) is 8.58. The topological polar surface area (TPSA) is 59.8 Å². The largest absolute Gasteiger partial charge is 0.349 e. The molecule has 2 heterocycles. The maximum absolute atomic E-state index is 13.6. The number of rotatable bonds is 5. The highest BCUT2D eigenvalue weighted by molar-refractivity contribution is 5.76. The van der Waals surface area contributed by atoms with Gasteiger partial charge in [0.2, 0.25) is 5.91 Å². The molecule has 3 aromatic rings. The monoisotopic (exact) mass is 382 g/mol. The van der Waals surface area contributed by atoms with Gasteiger partial charge in [0.25, 0.3) is 0 Å². The van der Waals surface area contributed by atoms with E-state index in [4.69, 9.17) is 0 Å². The van der Waals surface area contributed by atoms with Crippen LogP contribution in [0.1, 0.15) is 42.1 Å². The van der Waals surface area contributed by atoms with E-state index in [1.165, 1.54) is 12.1 Å². The van der Waals surface area contributed by atoms with Gasteiger partial charge in [-0.1, -0.05) is 0 Å². The van der Waals surface area contributed by atoms with Crippen LogP contribution in [0.25, 0.3) is 5.69 Å². The second-order valence-electron chi connectivity index (χ2n) is 6.95. The molecule has 0 saturated carbocycles.